The first-order chi connectivity index (χ1) is 9.60. The van der Waals surface area contributed by atoms with E-state index in [-0.39, 0.29) is 18.5 Å². The van der Waals surface area contributed by atoms with Crippen LogP contribution in [0.2, 0.25) is 0 Å². The molecule has 104 valence electrons. The predicted octanol–water partition coefficient (Wildman–Crippen LogP) is 3.07. The van der Waals surface area contributed by atoms with Crippen LogP contribution in [0.15, 0.2) is 42.4 Å². The Morgan fingerprint density at radius 1 is 1.40 bits per heavy atom. The molecule has 0 aliphatic heterocycles. The SMILES string of the molecule is NCc1cc2nccn2cc1C1=C(F)C=C(F)C(F)C1. The lowest BCUT2D eigenvalue weighted by molar-refractivity contribution is 0.324. The molecule has 1 aliphatic rings. The minimum atomic E-state index is -1.81. The maximum atomic E-state index is 13.9. The Morgan fingerprint density at radius 3 is 2.95 bits per heavy atom. The standard InChI is InChI=1S/C14H12F3N3/c15-11-5-13(17)12(16)4-9(11)10-7-20-2-1-19-14(20)3-8(10)6-18/h1-3,5,7,12H,4,6,18H2. The van der Waals surface area contributed by atoms with Gasteiger partial charge in [0.05, 0.1) is 0 Å². The summed E-state index contributed by atoms with van der Waals surface area (Å²) in [5.41, 5.74) is 7.60. The molecule has 0 saturated heterocycles. The van der Waals surface area contributed by atoms with Crippen LogP contribution in [0.25, 0.3) is 11.2 Å². The largest absolute Gasteiger partial charge is 0.326 e. The van der Waals surface area contributed by atoms with Crippen LogP contribution in [0, 0.1) is 0 Å². The number of nitrogens with zero attached hydrogens (tertiary/aromatic N) is 2. The molecule has 2 heterocycles. The molecule has 0 radical (unpaired) electrons. The Kier molecular flexibility index (Phi) is 3.10. The number of halogens is 3. The third-order valence-electron chi connectivity index (χ3n) is 3.40. The Hall–Kier alpha value is -2.08. The first kappa shape index (κ1) is 12.9. The monoisotopic (exact) mass is 279 g/mol. The van der Waals surface area contributed by atoms with Gasteiger partial charge in [0.1, 0.15) is 17.3 Å². The molecule has 0 bridgehead atoms. The van der Waals surface area contributed by atoms with E-state index in [1.165, 1.54) is 0 Å². The highest BCUT2D eigenvalue weighted by atomic mass is 19.2. The van der Waals surface area contributed by atoms with E-state index in [4.69, 9.17) is 5.73 Å². The number of nitrogens with two attached hydrogens (primary N) is 1. The average molecular weight is 279 g/mol. The first-order valence-electron chi connectivity index (χ1n) is 6.16. The Labute approximate surface area is 113 Å². The summed E-state index contributed by atoms with van der Waals surface area (Å²) in [5, 5.41) is 0. The zero-order valence-corrected chi connectivity index (χ0v) is 10.5. The highest BCUT2D eigenvalue weighted by Crippen LogP contribution is 2.36. The number of allylic oxidation sites excluding steroid dienone is 4. The number of aromatic nitrogens is 2. The lowest BCUT2D eigenvalue weighted by Crippen LogP contribution is -2.11. The van der Waals surface area contributed by atoms with Crippen molar-refractivity contribution in [2.24, 2.45) is 5.73 Å². The normalized spacial score (nSPS) is 19.6. The number of hydrogen-bond donors (Lipinski definition) is 1. The molecule has 6 heteroatoms. The number of pyridine rings is 1. The van der Waals surface area contributed by atoms with Crippen molar-refractivity contribution in [1.29, 1.82) is 0 Å². The van der Waals surface area contributed by atoms with E-state index < -0.39 is 17.8 Å². The summed E-state index contributed by atoms with van der Waals surface area (Å²) in [6.07, 6.45) is 3.40. The van der Waals surface area contributed by atoms with Crippen LogP contribution in [-0.4, -0.2) is 15.6 Å². The number of imidazole rings is 1. The lowest BCUT2D eigenvalue weighted by atomic mass is 9.93. The summed E-state index contributed by atoms with van der Waals surface area (Å²) in [4.78, 5) is 4.11. The quantitative estimate of drug-likeness (QED) is 0.918. The number of rotatable bonds is 2. The molecule has 3 nitrogen and oxygen atoms in total. The second kappa shape index (κ2) is 4.79. The first-order valence-corrected chi connectivity index (χ1v) is 6.16. The highest BCUT2D eigenvalue weighted by molar-refractivity contribution is 5.74. The van der Waals surface area contributed by atoms with Crippen molar-refractivity contribution in [3.63, 3.8) is 0 Å². The minimum Gasteiger partial charge on any atom is -0.326 e. The number of alkyl halides is 1. The van der Waals surface area contributed by atoms with Gasteiger partial charge in [-0.3, -0.25) is 0 Å². The average Bonchev–Trinajstić information content (AvgIpc) is 2.88. The molecule has 1 atom stereocenters. The molecule has 2 N–H and O–H groups in total. The molecule has 0 amide bonds. The van der Waals surface area contributed by atoms with E-state index >= 15 is 0 Å². The van der Waals surface area contributed by atoms with E-state index in [0.717, 1.165) is 0 Å². The van der Waals surface area contributed by atoms with Gasteiger partial charge in [-0.25, -0.2) is 18.2 Å². The third kappa shape index (κ3) is 2.02. The van der Waals surface area contributed by atoms with E-state index in [1.807, 2.05) is 0 Å². The zero-order valence-electron chi connectivity index (χ0n) is 10.5. The molecule has 20 heavy (non-hydrogen) atoms. The fourth-order valence-corrected chi connectivity index (χ4v) is 2.35. The van der Waals surface area contributed by atoms with Gasteiger partial charge in [-0.1, -0.05) is 0 Å². The Balaban J connectivity index is 2.20. The number of fused-ring (bicyclic) bond motifs is 1. The second-order valence-corrected chi connectivity index (χ2v) is 4.64. The molecule has 0 fully saturated rings. The van der Waals surface area contributed by atoms with Crippen molar-refractivity contribution in [3.05, 3.63) is 53.5 Å². The van der Waals surface area contributed by atoms with Crippen LogP contribution in [0.3, 0.4) is 0 Å². The van der Waals surface area contributed by atoms with Gasteiger partial charge in [0.2, 0.25) is 0 Å². The summed E-state index contributed by atoms with van der Waals surface area (Å²) in [5.74, 6) is -1.84. The summed E-state index contributed by atoms with van der Waals surface area (Å²) in [7, 11) is 0. The van der Waals surface area contributed by atoms with Crippen LogP contribution in [0.1, 0.15) is 17.5 Å². The van der Waals surface area contributed by atoms with Gasteiger partial charge in [0.25, 0.3) is 0 Å². The maximum Gasteiger partial charge on any atom is 0.156 e. The number of hydrogen-bond acceptors (Lipinski definition) is 2. The van der Waals surface area contributed by atoms with Crippen LogP contribution in [0.4, 0.5) is 13.2 Å². The fourth-order valence-electron chi connectivity index (χ4n) is 2.35. The van der Waals surface area contributed by atoms with Gasteiger partial charge in [-0.2, -0.15) is 0 Å². The van der Waals surface area contributed by atoms with Gasteiger partial charge >= 0.3 is 0 Å². The Morgan fingerprint density at radius 2 is 2.20 bits per heavy atom. The molecular formula is C14H12F3N3. The topological polar surface area (TPSA) is 43.3 Å². The van der Waals surface area contributed by atoms with Gasteiger partial charge in [-0.15, -0.1) is 0 Å². The van der Waals surface area contributed by atoms with Gasteiger partial charge in [0.15, 0.2) is 6.17 Å². The van der Waals surface area contributed by atoms with E-state index in [2.05, 4.69) is 4.98 Å². The van der Waals surface area contributed by atoms with Gasteiger partial charge < -0.3 is 10.1 Å². The van der Waals surface area contributed by atoms with Crippen LogP contribution < -0.4 is 5.73 Å². The van der Waals surface area contributed by atoms with E-state index in [9.17, 15) is 13.2 Å². The van der Waals surface area contributed by atoms with Crippen molar-refractivity contribution < 1.29 is 13.2 Å². The highest BCUT2D eigenvalue weighted by Gasteiger charge is 2.26. The van der Waals surface area contributed by atoms with E-state index in [0.29, 0.717) is 22.9 Å². The summed E-state index contributed by atoms with van der Waals surface area (Å²) in [6.45, 7) is 0.165. The Bertz CT molecular complexity index is 730. The maximum absolute atomic E-state index is 13.9. The fraction of sp³-hybridized carbons (Fsp3) is 0.214. The molecule has 0 saturated carbocycles. The summed E-state index contributed by atoms with van der Waals surface area (Å²) >= 11 is 0. The van der Waals surface area contributed by atoms with Crippen molar-refractivity contribution >= 4 is 11.2 Å². The lowest BCUT2D eigenvalue weighted by Gasteiger charge is -2.18. The molecule has 1 aliphatic carbocycles. The second-order valence-electron chi connectivity index (χ2n) is 4.64. The smallest absolute Gasteiger partial charge is 0.156 e. The van der Waals surface area contributed by atoms with Crippen molar-refractivity contribution in [3.8, 4) is 0 Å². The minimum absolute atomic E-state index is 0.134. The van der Waals surface area contributed by atoms with Gasteiger partial charge in [0, 0.05) is 48.8 Å². The summed E-state index contributed by atoms with van der Waals surface area (Å²) < 4.78 is 42.2. The molecule has 1 unspecified atom stereocenters. The van der Waals surface area contributed by atoms with Gasteiger partial charge in [-0.05, 0) is 11.6 Å². The molecule has 2 aromatic heterocycles. The van der Waals surface area contributed by atoms with E-state index in [1.54, 1.807) is 29.1 Å². The molecule has 3 rings (SSSR count). The van der Waals surface area contributed by atoms with Crippen molar-refractivity contribution in [1.82, 2.24) is 9.38 Å². The third-order valence-corrected chi connectivity index (χ3v) is 3.40. The summed E-state index contributed by atoms with van der Waals surface area (Å²) in [6, 6.07) is 1.72. The molecular weight excluding hydrogens is 267 g/mol. The molecule has 0 aromatic carbocycles. The zero-order chi connectivity index (χ0) is 14.3. The van der Waals surface area contributed by atoms with Crippen LogP contribution in [-0.2, 0) is 6.54 Å². The van der Waals surface area contributed by atoms with Crippen molar-refractivity contribution in [2.75, 3.05) is 0 Å². The van der Waals surface area contributed by atoms with Crippen LogP contribution >= 0.6 is 0 Å². The predicted molar refractivity (Wildman–Crippen MR) is 69.8 cm³/mol. The molecule has 2 aromatic rings. The van der Waals surface area contributed by atoms with Crippen LogP contribution in [0.5, 0.6) is 0 Å². The van der Waals surface area contributed by atoms with Crippen molar-refractivity contribution in [2.45, 2.75) is 19.1 Å². The molecule has 0 spiro atoms.